The van der Waals surface area contributed by atoms with Crippen LogP contribution in [0.4, 0.5) is 0 Å². The molecule has 2 saturated heterocycles. The van der Waals surface area contributed by atoms with Crippen molar-refractivity contribution in [1.82, 2.24) is 20.1 Å². The molecule has 0 spiro atoms. The van der Waals surface area contributed by atoms with Crippen molar-refractivity contribution in [3.8, 4) is 0 Å². The Bertz CT molecular complexity index is 439. The maximum Gasteiger partial charge on any atom is 0.155 e. The van der Waals surface area contributed by atoms with E-state index < -0.39 is 0 Å². The molecule has 0 aliphatic carbocycles. The minimum atomic E-state index is 0.426. The molecule has 1 atom stereocenters. The Morgan fingerprint density at radius 1 is 1.40 bits per heavy atom. The lowest BCUT2D eigenvalue weighted by Crippen LogP contribution is -2.43. The first-order valence-electron chi connectivity index (χ1n) is 7.84. The number of nitrogens with zero attached hydrogens (tertiary/aromatic N) is 3. The average Bonchev–Trinajstić information content (AvgIpc) is 2.86. The van der Waals surface area contributed by atoms with E-state index in [0.717, 1.165) is 31.4 Å². The van der Waals surface area contributed by atoms with Gasteiger partial charge in [-0.3, -0.25) is 5.10 Å². The number of hydrogen-bond acceptors (Lipinski definition) is 4. The number of ether oxygens (including phenoxy) is 1. The topological polar surface area (TPSA) is 54.0 Å². The van der Waals surface area contributed by atoms with Gasteiger partial charge in [0.15, 0.2) is 5.82 Å². The van der Waals surface area contributed by atoms with Crippen LogP contribution < -0.4 is 0 Å². The van der Waals surface area contributed by atoms with Gasteiger partial charge in [0.1, 0.15) is 5.82 Å². The first-order chi connectivity index (χ1) is 9.65. The average molecular weight is 278 g/mol. The van der Waals surface area contributed by atoms with Crippen molar-refractivity contribution >= 4 is 0 Å². The fourth-order valence-electron chi connectivity index (χ4n) is 3.51. The molecule has 112 valence electrons. The summed E-state index contributed by atoms with van der Waals surface area (Å²) in [4.78, 5) is 7.14. The van der Waals surface area contributed by atoms with Gasteiger partial charge in [0.05, 0.1) is 0 Å². The summed E-state index contributed by atoms with van der Waals surface area (Å²) in [5.41, 5.74) is 0.426. The van der Waals surface area contributed by atoms with Gasteiger partial charge in [-0.1, -0.05) is 6.92 Å². The number of H-pyrrole nitrogens is 1. The third-order valence-corrected chi connectivity index (χ3v) is 4.79. The van der Waals surface area contributed by atoms with Crippen LogP contribution in [0.25, 0.3) is 0 Å². The maximum absolute atomic E-state index is 5.50. The highest BCUT2D eigenvalue weighted by Gasteiger charge is 2.32. The van der Waals surface area contributed by atoms with Gasteiger partial charge < -0.3 is 9.64 Å². The van der Waals surface area contributed by atoms with Crippen molar-refractivity contribution in [2.45, 2.75) is 45.4 Å². The highest BCUT2D eigenvalue weighted by atomic mass is 16.5. The number of likely N-dealkylation sites (tertiary alicyclic amines) is 1. The SMILES string of the molecule is Cc1nc(C2CCCN(CC3(C)CCOCC3)C2)n[nH]1. The molecule has 1 unspecified atom stereocenters. The summed E-state index contributed by atoms with van der Waals surface area (Å²) in [6.07, 6.45) is 4.85. The molecule has 2 aliphatic heterocycles. The van der Waals surface area contributed by atoms with Gasteiger partial charge in [-0.05, 0) is 44.6 Å². The van der Waals surface area contributed by atoms with E-state index in [9.17, 15) is 0 Å². The van der Waals surface area contributed by atoms with Crippen molar-refractivity contribution in [2.75, 3.05) is 32.8 Å². The molecule has 0 bridgehead atoms. The number of piperidine rings is 1. The zero-order valence-corrected chi connectivity index (χ0v) is 12.7. The minimum Gasteiger partial charge on any atom is -0.381 e. The fourth-order valence-corrected chi connectivity index (χ4v) is 3.51. The molecule has 1 N–H and O–H groups in total. The highest BCUT2D eigenvalue weighted by molar-refractivity contribution is 5.00. The van der Waals surface area contributed by atoms with E-state index in [4.69, 9.17) is 4.74 Å². The Kier molecular flexibility index (Phi) is 4.08. The summed E-state index contributed by atoms with van der Waals surface area (Å²) < 4.78 is 5.50. The third-order valence-electron chi connectivity index (χ3n) is 4.79. The van der Waals surface area contributed by atoms with Crippen molar-refractivity contribution in [3.63, 3.8) is 0 Å². The third kappa shape index (κ3) is 3.20. The lowest BCUT2D eigenvalue weighted by molar-refractivity contribution is 0.000605. The van der Waals surface area contributed by atoms with Crippen molar-refractivity contribution in [3.05, 3.63) is 11.6 Å². The lowest BCUT2D eigenvalue weighted by Gasteiger charge is -2.41. The monoisotopic (exact) mass is 278 g/mol. The molecular weight excluding hydrogens is 252 g/mol. The van der Waals surface area contributed by atoms with Crippen LogP contribution in [-0.4, -0.2) is 52.9 Å². The first-order valence-corrected chi connectivity index (χ1v) is 7.84. The van der Waals surface area contributed by atoms with Crippen LogP contribution in [0, 0.1) is 12.3 Å². The Morgan fingerprint density at radius 2 is 2.20 bits per heavy atom. The van der Waals surface area contributed by atoms with E-state index >= 15 is 0 Å². The molecule has 0 amide bonds. The molecule has 3 rings (SSSR count). The highest BCUT2D eigenvalue weighted by Crippen LogP contribution is 2.33. The molecule has 0 radical (unpaired) electrons. The first kappa shape index (κ1) is 14.0. The molecule has 0 aromatic carbocycles. The molecule has 3 heterocycles. The normalized spacial score (nSPS) is 27.6. The van der Waals surface area contributed by atoms with E-state index in [0.29, 0.717) is 11.3 Å². The summed E-state index contributed by atoms with van der Waals surface area (Å²) in [7, 11) is 0. The standard InChI is InChI=1S/C15H26N4O/c1-12-16-14(18-17-12)13-4-3-7-19(10-13)11-15(2)5-8-20-9-6-15/h13H,3-11H2,1-2H3,(H,16,17,18). The second-order valence-electron chi connectivity index (χ2n) is 6.78. The van der Waals surface area contributed by atoms with Crippen LogP contribution in [0.15, 0.2) is 0 Å². The number of rotatable bonds is 3. The molecule has 5 nitrogen and oxygen atoms in total. The number of hydrogen-bond donors (Lipinski definition) is 1. The van der Waals surface area contributed by atoms with E-state index in [1.54, 1.807) is 0 Å². The molecule has 0 saturated carbocycles. The van der Waals surface area contributed by atoms with Crippen molar-refractivity contribution < 1.29 is 4.74 Å². The van der Waals surface area contributed by atoms with Crippen molar-refractivity contribution in [1.29, 1.82) is 0 Å². The lowest BCUT2D eigenvalue weighted by atomic mass is 9.81. The quantitative estimate of drug-likeness (QED) is 0.920. The Morgan fingerprint density at radius 3 is 2.90 bits per heavy atom. The second kappa shape index (κ2) is 5.82. The van der Waals surface area contributed by atoms with Crippen molar-refractivity contribution in [2.24, 2.45) is 5.41 Å². The van der Waals surface area contributed by atoms with E-state index in [1.165, 1.54) is 38.8 Å². The summed E-state index contributed by atoms with van der Waals surface area (Å²) in [6.45, 7) is 9.75. The molecule has 20 heavy (non-hydrogen) atoms. The van der Waals surface area contributed by atoms with Crippen LogP contribution in [0.2, 0.25) is 0 Å². The fraction of sp³-hybridized carbons (Fsp3) is 0.867. The van der Waals surface area contributed by atoms with Crippen LogP contribution in [0.1, 0.15) is 50.2 Å². The van der Waals surface area contributed by atoms with E-state index in [-0.39, 0.29) is 0 Å². The largest absolute Gasteiger partial charge is 0.381 e. The Labute approximate surface area is 121 Å². The van der Waals surface area contributed by atoms with Crippen LogP contribution in [-0.2, 0) is 4.74 Å². The smallest absolute Gasteiger partial charge is 0.155 e. The summed E-state index contributed by atoms with van der Waals surface area (Å²) in [5.74, 6) is 2.43. The zero-order chi connectivity index (χ0) is 14.0. The summed E-state index contributed by atoms with van der Waals surface area (Å²) >= 11 is 0. The van der Waals surface area contributed by atoms with Gasteiger partial charge in [-0.2, -0.15) is 5.10 Å². The minimum absolute atomic E-state index is 0.426. The van der Waals surface area contributed by atoms with Gasteiger partial charge in [0.25, 0.3) is 0 Å². The number of aromatic nitrogens is 3. The molecule has 1 aromatic rings. The number of nitrogens with one attached hydrogen (secondary N) is 1. The summed E-state index contributed by atoms with van der Waals surface area (Å²) in [6, 6.07) is 0. The molecule has 1 aromatic heterocycles. The molecule has 5 heteroatoms. The van der Waals surface area contributed by atoms with Gasteiger partial charge in [-0.15, -0.1) is 0 Å². The predicted octanol–water partition coefficient (Wildman–Crippen LogP) is 2.11. The maximum atomic E-state index is 5.50. The summed E-state index contributed by atoms with van der Waals surface area (Å²) in [5, 5.41) is 7.33. The van der Waals surface area contributed by atoms with E-state index in [1.807, 2.05) is 6.92 Å². The zero-order valence-electron chi connectivity index (χ0n) is 12.7. The van der Waals surface area contributed by atoms with Gasteiger partial charge >= 0.3 is 0 Å². The number of aromatic amines is 1. The molecule has 2 aliphatic rings. The van der Waals surface area contributed by atoms with Gasteiger partial charge in [-0.25, -0.2) is 4.98 Å². The molecule has 2 fully saturated rings. The van der Waals surface area contributed by atoms with Crippen LogP contribution in [0.3, 0.4) is 0 Å². The Hall–Kier alpha value is -0.940. The Balaban J connectivity index is 1.60. The molecular formula is C15H26N4O. The van der Waals surface area contributed by atoms with Crippen LogP contribution in [0.5, 0.6) is 0 Å². The predicted molar refractivity (Wildman–Crippen MR) is 77.7 cm³/mol. The van der Waals surface area contributed by atoms with Crippen LogP contribution >= 0.6 is 0 Å². The van der Waals surface area contributed by atoms with E-state index in [2.05, 4.69) is 27.0 Å². The second-order valence-corrected chi connectivity index (χ2v) is 6.78. The van der Waals surface area contributed by atoms with Gasteiger partial charge in [0, 0.05) is 32.2 Å². The van der Waals surface area contributed by atoms with Gasteiger partial charge in [0.2, 0.25) is 0 Å². The number of aryl methyl sites for hydroxylation is 1.